The maximum atomic E-state index is 10.3. The van der Waals surface area contributed by atoms with E-state index < -0.39 is 6.10 Å². The first-order valence-electron chi connectivity index (χ1n) is 5.27. The Hall–Kier alpha value is -0.780. The summed E-state index contributed by atoms with van der Waals surface area (Å²) in [5, 5.41) is 16.4. The fourth-order valence-corrected chi connectivity index (χ4v) is 3.09. The third-order valence-electron chi connectivity index (χ3n) is 2.51. The molecule has 16 heavy (non-hydrogen) atoms. The lowest BCUT2D eigenvalue weighted by molar-refractivity contribution is 0.222. The molecular weight excluding hydrogens is 240 g/mol. The Balaban J connectivity index is 2.30. The number of rotatable bonds is 4. The van der Waals surface area contributed by atoms with Crippen molar-refractivity contribution in [1.29, 1.82) is 0 Å². The molecule has 0 saturated heterocycles. The molecular formula is C11H14N2OS2. The van der Waals surface area contributed by atoms with Gasteiger partial charge in [-0.05, 0) is 41.9 Å². The van der Waals surface area contributed by atoms with Gasteiger partial charge >= 0.3 is 0 Å². The maximum Gasteiger partial charge on any atom is 0.118 e. The highest BCUT2D eigenvalue weighted by atomic mass is 32.1. The van der Waals surface area contributed by atoms with E-state index in [9.17, 15) is 5.11 Å². The van der Waals surface area contributed by atoms with Gasteiger partial charge in [-0.15, -0.1) is 16.4 Å². The van der Waals surface area contributed by atoms with Gasteiger partial charge in [-0.25, -0.2) is 0 Å². The first kappa shape index (κ1) is 11.7. The zero-order valence-electron chi connectivity index (χ0n) is 9.30. The van der Waals surface area contributed by atoms with Gasteiger partial charge in [0.05, 0.1) is 10.6 Å². The second-order valence-corrected chi connectivity index (χ2v) is 5.57. The number of hydrogen-bond donors (Lipinski definition) is 1. The summed E-state index contributed by atoms with van der Waals surface area (Å²) >= 11 is 2.95. The van der Waals surface area contributed by atoms with Crippen LogP contribution >= 0.6 is 22.9 Å². The maximum absolute atomic E-state index is 10.3. The second-order valence-electron chi connectivity index (χ2n) is 3.67. The molecule has 0 amide bonds. The van der Waals surface area contributed by atoms with Crippen LogP contribution in [0, 0.1) is 6.92 Å². The number of hydrogen-bond acceptors (Lipinski definition) is 5. The van der Waals surface area contributed by atoms with E-state index in [1.807, 2.05) is 18.4 Å². The highest BCUT2D eigenvalue weighted by molar-refractivity contribution is 7.10. The zero-order valence-corrected chi connectivity index (χ0v) is 10.9. The van der Waals surface area contributed by atoms with Gasteiger partial charge in [0, 0.05) is 4.88 Å². The van der Waals surface area contributed by atoms with Crippen LogP contribution in [0.1, 0.15) is 40.5 Å². The van der Waals surface area contributed by atoms with Crippen LogP contribution in [0.5, 0.6) is 0 Å². The number of aliphatic hydroxyl groups is 1. The van der Waals surface area contributed by atoms with E-state index in [1.54, 1.807) is 11.3 Å². The van der Waals surface area contributed by atoms with Crippen molar-refractivity contribution in [2.75, 3.05) is 0 Å². The monoisotopic (exact) mass is 254 g/mol. The van der Waals surface area contributed by atoms with Gasteiger partial charge in [-0.2, -0.15) is 0 Å². The van der Waals surface area contributed by atoms with E-state index in [-0.39, 0.29) is 0 Å². The third-order valence-corrected chi connectivity index (χ3v) is 4.19. The Morgan fingerprint density at radius 1 is 1.50 bits per heavy atom. The third kappa shape index (κ3) is 2.16. The largest absolute Gasteiger partial charge is 0.383 e. The molecule has 0 aromatic carbocycles. The van der Waals surface area contributed by atoms with Crippen molar-refractivity contribution in [2.45, 2.75) is 32.8 Å². The molecule has 0 aliphatic carbocycles. The minimum Gasteiger partial charge on any atom is -0.383 e. The average Bonchev–Trinajstić information content (AvgIpc) is 2.87. The molecule has 0 aliphatic heterocycles. The lowest BCUT2D eigenvalue weighted by atomic mass is 10.1. The van der Waals surface area contributed by atoms with Gasteiger partial charge in [-0.1, -0.05) is 17.8 Å². The first-order chi connectivity index (χ1) is 7.74. The van der Waals surface area contributed by atoms with Gasteiger partial charge in [0.1, 0.15) is 6.10 Å². The lowest BCUT2D eigenvalue weighted by Crippen LogP contribution is -2.01. The molecule has 0 spiro atoms. The molecule has 2 aromatic rings. The highest BCUT2D eigenvalue weighted by Crippen LogP contribution is 2.31. The van der Waals surface area contributed by atoms with Crippen molar-refractivity contribution in [3.63, 3.8) is 0 Å². The van der Waals surface area contributed by atoms with Gasteiger partial charge in [0.2, 0.25) is 0 Å². The summed E-state index contributed by atoms with van der Waals surface area (Å²) in [4.78, 5) is 2.05. The molecule has 0 bridgehead atoms. The summed E-state index contributed by atoms with van der Waals surface area (Å²) in [5.74, 6) is 0. The summed E-state index contributed by atoms with van der Waals surface area (Å²) in [6.07, 6.45) is 1.34. The first-order valence-corrected chi connectivity index (χ1v) is 6.92. The van der Waals surface area contributed by atoms with Crippen LogP contribution in [-0.4, -0.2) is 14.7 Å². The van der Waals surface area contributed by atoms with Crippen molar-refractivity contribution < 1.29 is 5.11 Å². The van der Waals surface area contributed by atoms with Crippen LogP contribution < -0.4 is 0 Å². The minimum absolute atomic E-state index is 0.562. The number of aryl methyl sites for hydroxylation is 2. The average molecular weight is 254 g/mol. The van der Waals surface area contributed by atoms with Crippen LogP contribution in [0.15, 0.2) is 11.4 Å². The van der Waals surface area contributed by atoms with E-state index in [4.69, 9.17) is 0 Å². The molecule has 3 nitrogen and oxygen atoms in total. The fourth-order valence-electron chi connectivity index (χ4n) is 1.65. The summed E-state index contributed by atoms with van der Waals surface area (Å²) in [7, 11) is 0. The molecule has 0 fully saturated rings. The van der Waals surface area contributed by atoms with Crippen molar-refractivity contribution >= 4 is 22.9 Å². The van der Waals surface area contributed by atoms with Gasteiger partial charge in [0.15, 0.2) is 0 Å². The topological polar surface area (TPSA) is 46.0 Å². The summed E-state index contributed by atoms with van der Waals surface area (Å²) in [6.45, 7) is 4.13. The van der Waals surface area contributed by atoms with Crippen LogP contribution in [0.4, 0.5) is 0 Å². The van der Waals surface area contributed by atoms with E-state index in [0.29, 0.717) is 0 Å². The molecule has 5 heteroatoms. The highest BCUT2D eigenvalue weighted by Gasteiger charge is 2.20. The lowest BCUT2D eigenvalue weighted by Gasteiger charge is -2.09. The molecule has 1 atom stereocenters. The zero-order chi connectivity index (χ0) is 11.5. The SMILES string of the molecule is CCCc1nnsc1C(O)c1ccsc1C. The Kier molecular flexibility index (Phi) is 3.68. The normalized spacial score (nSPS) is 12.9. The smallest absolute Gasteiger partial charge is 0.118 e. The van der Waals surface area contributed by atoms with Crippen LogP contribution in [0.2, 0.25) is 0 Å². The molecule has 1 N–H and O–H groups in total. The minimum atomic E-state index is -0.562. The van der Waals surface area contributed by atoms with Crippen molar-refractivity contribution in [3.05, 3.63) is 32.5 Å². The van der Waals surface area contributed by atoms with E-state index in [1.165, 1.54) is 11.5 Å². The van der Waals surface area contributed by atoms with Gasteiger partial charge in [0.25, 0.3) is 0 Å². The molecule has 86 valence electrons. The van der Waals surface area contributed by atoms with Crippen LogP contribution in [0.3, 0.4) is 0 Å². The predicted octanol–water partition coefficient (Wildman–Crippen LogP) is 2.94. The molecule has 2 heterocycles. The van der Waals surface area contributed by atoms with E-state index in [0.717, 1.165) is 33.9 Å². The Bertz CT molecular complexity index is 464. The van der Waals surface area contributed by atoms with E-state index >= 15 is 0 Å². The van der Waals surface area contributed by atoms with Crippen molar-refractivity contribution in [2.24, 2.45) is 0 Å². The number of thiophene rings is 1. The Morgan fingerprint density at radius 3 is 2.94 bits per heavy atom. The van der Waals surface area contributed by atoms with Crippen LogP contribution in [0.25, 0.3) is 0 Å². The predicted molar refractivity (Wildman–Crippen MR) is 67.0 cm³/mol. The Labute approximate surface area is 103 Å². The van der Waals surface area contributed by atoms with Gasteiger partial charge in [-0.3, -0.25) is 0 Å². The quantitative estimate of drug-likeness (QED) is 0.912. The van der Waals surface area contributed by atoms with Crippen LogP contribution in [-0.2, 0) is 6.42 Å². The molecule has 0 aliphatic rings. The fraction of sp³-hybridized carbons (Fsp3) is 0.455. The second kappa shape index (κ2) is 5.03. The molecule has 0 saturated carbocycles. The standard InChI is InChI=1S/C11H14N2OS2/c1-3-4-9-11(16-13-12-9)10(14)8-5-6-15-7(8)2/h5-6,10,14H,3-4H2,1-2H3. The number of aliphatic hydroxyl groups excluding tert-OH is 1. The van der Waals surface area contributed by atoms with Crippen molar-refractivity contribution in [1.82, 2.24) is 9.59 Å². The molecule has 1 unspecified atom stereocenters. The molecule has 2 rings (SSSR count). The molecule has 0 radical (unpaired) electrons. The molecule has 2 aromatic heterocycles. The Morgan fingerprint density at radius 2 is 2.31 bits per heavy atom. The van der Waals surface area contributed by atoms with Crippen molar-refractivity contribution in [3.8, 4) is 0 Å². The van der Waals surface area contributed by atoms with E-state index in [2.05, 4.69) is 16.5 Å². The number of nitrogens with zero attached hydrogens (tertiary/aromatic N) is 2. The summed E-state index contributed by atoms with van der Waals surface area (Å²) in [5.41, 5.74) is 1.92. The summed E-state index contributed by atoms with van der Waals surface area (Å²) in [6, 6.07) is 1.97. The number of aromatic nitrogens is 2. The van der Waals surface area contributed by atoms with Gasteiger partial charge < -0.3 is 5.11 Å². The summed E-state index contributed by atoms with van der Waals surface area (Å²) < 4.78 is 3.94.